The molecule has 1 radical (unpaired) electrons. The zero-order chi connectivity index (χ0) is 16.1. The van der Waals surface area contributed by atoms with Crippen molar-refractivity contribution < 1.29 is 4.74 Å². The van der Waals surface area contributed by atoms with Gasteiger partial charge in [-0.1, -0.05) is 49.4 Å². The molecule has 121 valence electrons. The summed E-state index contributed by atoms with van der Waals surface area (Å²) in [6, 6.07) is 19.6. The van der Waals surface area contributed by atoms with Gasteiger partial charge in [0.1, 0.15) is 5.75 Å². The van der Waals surface area contributed by atoms with Gasteiger partial charge in [-0.05, 0) is 62.2 Å². The summed E-state index contributed by atoms with van der Waals surface area (Å²) in [7, 11) is 1.72. The number of rotatable bonds is 5. The minimum atomic E-state index is 0.116. The van der Waals surface area contributed by atoms with E-state index in [0.29, 0.717) is 0 Å². The molecule has 2 aromatic rings. The summed E-state index contributed by atoms with van der Waals surface area (Å²) in [5, 5.41) is 0. The molecule has 2 nitrogen and oxygen atoms in total. The summed E-state index contributed by atoms with van der Waals surface area (Å²) in [6.45, 7) is 7.37. The quantitative estimate of drug-likeness (QED) is 0.816. The fourth-order valence-corrected chi connectivity index (χ4v) is 3.79. The van der Waals surface area contributed by atoms with E-state index in [-0.39, 0.29) is 5.41 Å². The summed E-state index contributed by atoms with van der Waals surface area (Å²) >= 11 is 0. The van der Waals surface area contributed by atoms with E-state index in [9.17, 15) is 0 Å². The molecule has 0 bridgehead atoms. The summed E-state index contributed by atoms with van der Waals surface area (Å²) in [5.41, 5.74) is 2.95. The Morgan fingerprint density at radius 2 is 1.57 bits per heavy atom. The molecule has 1 aliphatic heterocycles. The van der Waals surface area contributed by atoms with Gasteiger partial charge in [-0.25, -0.2) is 0 Å². The normalized spacial score (nSPS) is 17.8. The molecule has 1 saturated heterocycles. The van der Waals surface area contributed by atoms with Crippen LogP contribution >= 0.6 is 0 Å². The molecule has 3 rings (SSSR count). The van der Waals surface area contributed by atoms with Gasteiger partial charge in [0, 0.05) is 5.41 Å². The smallest absolute Gasteiger partial charge is 0.118 e. The van der Waals surface area contributed by atoms with Crippen LogP contribution in [-0.4, -0.2) is 31.6 Å². The van der Waals surface area contributed by atoms with Crippen LogP contribution in [0.25, 0.3) is 0 Å². The lowest BCUT2D eigenvalue weighted by Crippen LogP contribution is -2.43. The number of piperidine rings is 1. The van der Waals surface area contributed by atoms with Crippen molar-refractivity contribution in [3.05, 3.63) is 72.6 Å². The van der Waals surface area contributed by atoms with Crippen molar-refractivity contribution >= 4 is 0 Å². The third-order valence-electron chi connectivity index (χ3n) is 5.15. The molecule has 23 heavy (non-hydrogen) atoms. The molecule has 0 saturated carbocycles. The Morgan fingerprint density at radius 3 is 2.13 bits per heavy atom. The highest BCUT2D eigenvalue weighted by atomic mass is 16.5. The van der Waals surface area contributed by atoms with Crippen LogP contribution in [0.15, 0.2) is 54.6 Å². The highest BCUT2D eigenvalue weighted by Crippen LogP contribution is 2.42. The fourth-order valence-electron chi connectivity index (χ4n) is 3.79. The van der Waals surface area contributed by atoms with Gasteiger partial charge in [0.05, 0.1) is 7.11 Å². The first kappa shape index (κ1) is 16.1. The molecule has 0 aliphatic carbocycles. The van der Waals surface area contributed by atoms with Crippen molar-refractivity contribution in [2.24, 2.45) is 0 Å². The van der Waals surface area contributed by atoms with E-state index in [2.05, 4.69) is 66.4 Å². The van der Waals surface area contributed by atoms with Gasteiger partial charge in [-0.2, -0.15) is 0 Å². The van der Waals surface area contributed by atoms with Crippen molar-refractivity contribution in [1.82, 2.24) is 4.90 Å². The summed E-state index contributed by atoms with van der Waals surface area (Å²) in [6.07, 6.45) is 3.30. The summed E-state index contributed by atoms with van der Waals surface area (Å²) < 4.78 is 5.33. The lowest BCUT2D eigenvalue weighted by Gasteiger charge is -2.43. The number of nitrogens with zero attached hydrogens (tertiary/aromatic N) is 1. The van der Waals surface area contributed by atoms with Gasteiger partial charge in [0.25, 0.3) is 0 Å². The molecule has 0 aromatic heterocycles. The topological polar surface area (TPSA) is 12.5 Å². The first-order chi connectivity index (χ1) is 11.3. The number of hydrogen-bond donors (Lipinski definition) is 0. The predicted octanol–water partition coefficient (Wildman–Crippen LogP) is 4.30. The van der Waals surface area contributed by atoms with Crippen LogP contribution < -0.4 is 4.74 Å². The van der Waals surface area contributed by atoms with Crippen molar-refractivity contribution in [1.29, 1.82) is 0 Å². The fraction of sp³-hybridized carbons (Fsp3) is 0.381. The number of hydrogen-bond acceptors (Lipinski definition) is 2. The SMILES string of the molecule is [CH2]CCN1CCC(c2ccccc2)(c2ccc(OC)cc2)CC1. The van der Waals surface area contributed by atoms with E-state index in [0.717, 1.165) is 44.6 Å². The predicted molar refractivity (Wildman–Crippen MR) is 95.9 cm³/mol. The van der Waals surface area contributed by atoms with E-state index in [1.807, 2.05) is 0 Å². The maximum atomic E-state index is 5.33. The lowest BCUT2D eigenvalue weighted by molar-refractivity contribution is 0.181. The first-order valence-electron chi connectivity index (χ1n) is 8.50. The average Bonchev–Trinajstić information content (AvgIpc) is 2.64. The highest BCUT2D eigenvalue weighted by Gasteiger charge is 2.37. The largest absolute Gasteiger partial charge is 0.497 e. The Bertz CT molecular complexity index is 597. The molecular formula is C21H26NO. The zero-order valence-corrected chi connectivity index (χ0v) is 14.0. The number of methoxy groups -OCH3 is 1. The minimum absolute atomic E-state index is 0.116. The van der Waals surface area contributed by atoms with Gasteiger partial charge >= 0.3 is 0 Å². The third-order valence-corrected chi connectivity index (χ3v) is 5.15. The second-order valence-corrected chi connectivity index (χ2v) is 6.37. The second-order valence-electron chi connectivity index (χ2n) is 6.37. The zero-order valence-electron chi connectivity index (χ0n) is 14.0. The van der Waals surface area contributed by atoms with Crippen LogP contribution in [0.2, 0.25) is 0 Å². The van der Waals surface area contributed by atoms with E-state index >= 15 is 0 Å². The van der Waals surface area contributed by atoms with Crippen LogP contribution in [0.1, 0.15) is 30.4 Å². The Morgan fingerprint density at radius 1 is 0.957 bits per heavy atom. The first-order valence-corrected chi connectivity index (χ1v) is 8.50. The Balaban J connectivity index is 1.94. The van der Waals surface area contributed by atoms with Crippen LogP contribution in [-0.2, 0) is 5.41 Å². The second kappa shape index (κ2) is 7.18. The van der Waals surface area contributed by atoms with Gasteiger partial charge in [-0.15, -0.1) is 0 Å². The van der Waals surface area contributed by atoms with Crippen LogP contribution in [0.3, 0.4) is 0 Å². The Labute approximate surface area is 140 Å². The summed E-state index contributed by atoms with van der Waals surface area (Å²) in [4.78, 5) is 2.54. The molecular weight excluding hydrogens is 282 g/mol. The standard InChI is InChI=1S/C21H26NO/c1-3-15-22-16-13-21(14-17-22,18-7-5-4-6-8-18)19-9-11-20(23-2)12-10-19/h4-12H,1,3,13-17H2,2H3. The molecule has 0 atom stereocenters. The molecule has 0 amide bonds. The molecule has 0 N–H and O–H groups in total. The number of ether oxygens (including phenoxy) is 1. The lowest BCUT2D eigenvalue weighted by atomic mass is 9.68. The molecule has 2 heteroatoms. The third kappa shape index (κ3) is 3.28. The molecule has 1 heterocycles. The van der Waals surface area contributed by atoms with Gasteiger partial charge in [-0.3, -0.25) is 0 Å². The number of benzene rings is 2. The summed E-state index contributed by atoms with van der Waals surface area (Å²) in [5.74, 6) is 0.923. The molecule has 0 spiro atoms. The van der Waals surface area contributed by atoms with Crippen LogP contribution in [0.5, 0.6) is 5.75 Å². The maximum absolute atomic E-state index is 5.33. The molecule has 0 unspecified atom stereocenters. The van der Waals surface area contributed by atoms with E-state index < -0.39 is 0 Å². The molecule has 1 fully saturated rings. The van der Waals surface area contributed by atoms with Crippen molar-refractivity contribution in [3.8, 4) is 5.75 Å². The Hall–Kier alpha value is -1.80. The Kier molecular flexibility index (Phi) is 5.02. The van der Waals surface area contributed by atoms with Crippen molar-refractivity contribution in [2.75, 3.05) is 26.7 Å². The molecule has 2 aromatic carbocycles. The van der Waals surface area contributed by atoms with E-state index in [4.69, 9.17) is 4.74 Å². The van der Waals surface area contributed by atoms with E-state index in [1.54, 1.807) is 7.11 Å². The van der Waals surface area contributed by atoms with Crippen LogP contribution in [0, 0.1) is 6.92 Å². The van der Waals surface area contributed by atoms with Gasteiger partial charge in [0.15, 0.2) is 0 Å². The van der Waals surface area contributed by atoms with E-state index in [1.165, 1.54) is 11.1 Å². The molecule has 1 aliphatic rings. The van der Waals surface area contributed by atoms with Gasteiger partial charge < -0.3 is 9.64 Å². The van der Waals surface area contributed by atoms with Crippen molar-refractivity contribution in [2.45, 2.75) is 24.7 Å². The average molecular weight is 308 g/mol. The van der Waals surface area contributed by atoms with Crippen LogP contribution in [0.4, 0.5) is 0 Å². The maximum Gasteiger partial charge on any atom is 0.118 e. The number of likely N-dealkylation sites (tertiary alicyclic amines) is 1. The monoisotopic (exact) mass is 308 g/mol. The highest BCUT2D eigenvalue weighted by molar-refractivity contribution is 5.42. The van der Waals surface area contributed by atoms with Gasteiger partial charge in [0.2, 0.25) is 0 Å². The minimum Gasteiger partial charge on any atom is -0.497 e. The van der Waals surface area contributed by atoms with Crippen molar-refractivity contribution in [3.63, 3.8) is 0 Å².